The molecule has 124 valence electrons. The minimum atomic E-state index is 0. The number of para-hydroxylation sites is 2. The lowest BCUT2D eigenvalue weighted by molar-refractivity contribution is -0.121. The van der Waals surface area contributed by atoms with E-state index in [9.17, 15) is 4.79 Å². The fourth-order valence-corrected chi connectivity index (χ4v) is 2.24. The SMILES string of the molecule is Cl.Cl.Cn1c(CCCNC(=O)CCCN)nc2ccccc21. The predicted octanol–water partition coefficient (Wildman–Crippen LogP) is 2.20. The number of amides is 1. The van der Waals surface area contributed by atoms with E-state index in [0.717, 1.165) is 36.1 Å². The van der Waals surface area contributed by atoms with E-state index < -0.39 is 0 Å². The highest BCUT2D eigenvalue weighted by Gasteiger charge is 2.06. The largest absolute Gasteiger partial charge is 0.356 e. The third kappa shape index (κ3) is 5.48. The van der Waals surface area contributed by atoms with Gasteiger partial charge in [0.25, 0.3) is 0 Å². The van der Waals surface area contributed by atoms with Crippen LogP contribution in [0.2, 0.25) is 0 Å². The van der Waals surface area contributed by atoms with Gasteiger partial charge >= 0.3 is 0 Å². The Kier molecular flexibility index (Phi) is 9.81. The van der Waals surface area contributed by atoms with E-state index in [1.807, 2.05) is 25.2 Å². The number of aromatic nitrogens is 2. The topological polar surface area (TPSA) is 72.9 Å². The zero-order valence-corrected chi connectivity index (χ0v) is 14.4. The highest BCUT2D eigenvalue weighted by atomic mass is 35.5. The molecule has 0 unspecified atom stereocenters. The van der Waals surface area contributed by atoms with Crippen molar-refractivity contribution in [1.29, 1.82) is 0 Å². The summed E-state index contributed by atoms with van der Waals surface area (Å²) in [6.45, 7) is 1.25. The molecule has 1 heterocycles. The summed E-state index contributed by atoms with van der Waals surface area (Å²) in [5.41, 5.74) is 7.54. The smallest absolute Gasteiger partial charge is 0.220 e. The molecular formula is C15H24Cl2N4O. The van der Waals surface area contributed by atoms with E-state index in [2.05, 4.69) is 20.9 Å². The summed E-state index contributed by atoms with van der Waals surface area (Å²) in [6, 6.07) is 8.11. The number of halogens is 2. The molecule has 2 aromatic rings. The molecule has 2 rings (SSSR count). The average Bonchev–Trinajstić information content (AvgIpc) is 2.78. The standard InChI is InChI=1S/C15H22N4O.2ClH/c1-19-13-7-3-2-6-12(13)18-14(19)8-5-11-17-15(20)9-4-10-16;;/h2-3,6-7H,4-5,8-11,16H2,1H3,(H,17,20);2*1H. The number of rotatable bonds is 7. The summed E-state index contributed by atoms with van der Waals surface area (Å²) in [6.07, 6.45) is 3.02. The van der Waals surface area contributed by atoms with Gasteiger partial charge in [0.1, 0.15) is 5.82 Å². The van der Waals surface area contributed by atoms with Crippen LogP contribution in [-0.4, -0.2) is 28.5 Å². The third-order valence-electron chi connectivity index (χ3n) is 3.39. The second kappa shape index (κ2) is 10.4. The Morgan fingerprint density at radius 2 is 2.00 bits per heavy atom. The summed E-state index contributed by atoms with van der Waals surface area (Å²) in [5.74, 6) is 1.14. The zero-order chi connectivity index (χ0) is 14.4. The van der Waals surface area contributed by atoms with Crippen LogP contribution in [-0.2, 0) is 18.3 Å². The number of benzene rings is 1. The van der Waals surface area contributed by atoms with Crippen molar-refractivity contribution in [3.05, 3.63) is 30.1 Å². The molecule has 0 aliphatic carbocycles. The van der Waals surface area contributed by atoms with Crippen LogP contribution in [0.5, 0.6) is 0 Å². The fraction of sp³-hybridized carbons (Fsp3) is 0.467. The number of fused-ring (bicyclic) bond motifs is 1. The van der Waals surface area contributed by atoms with Gasteiger partial charge in [0.15, 0.2) is 0 Å². The molecule has 0 radical (unpaired) electrons. The van der Waals surface area contributed by atoms with Crippen LogP contribution in [0.15, 0.2) is 24.3 Å². The van der Waals surface area contributed by atoms with Crippen molar-refractivity contribution >= 4 is 41.8 Å². The van der Waals surface area contributed by atoms with Gasteiger partial charge in [0.05, 0.1) is 11.0 Å². The van der Waals surface area contributed by atoms with Crippen molar-refractivity contribution in [2.45, 2.75) is 25.7 Å². The summed E-state index contributed by atoms with van der Waals surface area (Å²) >= 11 is 0. The van der Waals surface area contributed by atoms with Crippen LogP contribution in [0, 0.1) is 0 Å². The number of nitrogens with one attached hydrogen (secondary N) is 1. The van der Waals surface area contributed by atoms with Gasteiger partial charge in [-0.3, -0.25) is 4.79 Å². The molecule has 1 amide bonds. The number of aryl methyl sites for hydroxylation is 2. The van der Waals surface area contributed by atoms with Crippen molar-refractivity contribution in [2.24, 2.45) is 12.8 Å². The summed E-state index contributed by atoms with van der Waals surface area (Å²) in [5, 5.41) is 2.91. The molecule has 1 aromatic carbocycles. The van der Waals surface area contributed by atoms with Crippen LogP contribution >= 0.6 is 24.8 Å². The van der Waals surface area contributed by atoms with E-state index in [4.69, 9.17) is 5.73 Å². The molecular weight excluding hydrogens is 323 g/mol. The molecule has 0 aliphatic rings. The van der Waals surface area contributed by atoms with Gasteiger partial charge in [-0.25, -0.2) is 4.98 Å². The second-order valence-electron chi connectivity index (χ2n) is 4.92. The van der Waals surface area contributed by atoms with Gasteiger partial charge in [0, 0.05) is 26.4 Å². The Labute approximate surface area is 143 Å². The van der Waals surface area contributed by atoms with Gasteiger partial charge in [0.2, 0.25) is 5.91 Å². The Hall–Kier alpha value is -1.30. The molecule has 22 heavy (non-hydrogen) atoms. The lowest BCUT2D eigenvalue weighted by Crippen LogP contribution is -2.25. The monoisotopic (exact) mass is 346 g/mol. The number of carbonyl (C=O) groups excluding carboxylic acids is 1. The van der Waals surface area contributed by atoms with Crippen molar-refractivity contribution in [2.75, 3.05) is 13.1 Å². The quantitative estimate of drug-likeness (QED) is 0.754. The molecule has 0 fully saturated rings. The third-order valence-corrected chi connectivity index (χ3v) is 3.39. The van der Waals surface area contributed by atoms with Crippen LogP contribution in [0.4, 0.5) is 0 Å². The minimum Gasteiger partial charge on any atom is -0.356 e. The average molecular weight is 347 g/mol. The van der Waals surface area contributed by atoms with E-state index in [1.54, 1.807) is 0 Å². The number of imidazole rings is 1. The van der Waals surface area contributed by atoms with E-state index in [0.29, 0.717) is 19.5 Å². The molecule has 0 aliphatic heterocycles. The molecule has 0 atom stereocenters. The first kappa shape index (κ1) is 20.7. The molecule has 0 saturated carbocycles. The predicted molar refractivity (Wildman–Crippen MR) is 94.8 cm³/mol. The molecule has 0 saturated heterocycles. The molecule has 7 heteroatoms. The van der Waals surface area contributed by atoms with Crippen LogP contribution in [0.3, 0.4) is 0 Å². The van der Waals surface area contributed by atoms with Crippen LogP contribution in [0.1, 0.15) is 25.1 Å². The van der Waals surface area contributed by atoms with Crippen molar-refractivity contribution in [1.82, 2.24) is 14.9 Å². The highest BCUT2D eigenvalue weighted by molar-refractivity contribution is 5.85. The van der Waals surface area contributed by atoms with E-state index in [1.165, 1.54) is 0 Å². The van der Waals surface area contributed by atoms with Gasteiger partial charge in [-0.2, -0.15) is 0 Å². The van der Waals surface area contributed by atoms with Crippen LogP contribution in [0.25, 0.3) is 11.0 Å². The number of nitrogens with zero attached hydrogens (tertiary/aromatic N) is 2. The first-order valence-corrected chi connectivity index (χ1v) is 7.09. The number of nitrogens with two attached hydrogens (primary N) is 1. The molecule has 3 N–H and O–H groups in total. The van der Waals surface area contributed by atoms with Gasteiger partial charge in [-0.05, 0) is 31.5 Å². The number of carbonyl (C=O) groups is 1. The van der Waals surface area contributed by atoms with Crippen LogP contribution < -0.4 is 11.1 Å². The van der Waals surface area contributed by atoms with Gasteiger partial charge < -0.3 is 15.6 Å². The minimum absolute atomic E-state index is 0. The normalized spacial score (nSPS) is 9.91. The first-order valence-electron chi connectivity index (χ1n) is 7.09. The zero-order valence-electron chi connectivity index (χ0n) is 12.7. The lowest BCUT2D eigenvalue weighted by atomic mass is 10.2. The lowest BCUT2D eigenvalue weighted by Gasteiger charge is -2.05. The second-order valence-corrected chi connectivity index (χ2v) is 4.92. The van der Waals surface area contributed by atoms with E-state index >= 15 is 0 Å². The maximum absolute atomic E-state index is 11.4. The number of hydrogen-bond acceptors (Lipinski definition) is 3. The van der Waals surface area contributed by atoms with Crippen molar-refractivity contribution in [3.63, 3.8) is 0 Å². The molecule has 1 aromatic heterocycles. The van der Waals surface area contributed by atoms with Gasteiger partial charge in [-0.15, -0.1) is 24.8 Å². The molecule has 0 spiro atoms. The summed E-state index contributed by atoms with van der Waals surface area (Å²) in [4.78, 5) is 16.0. The van der Waals surface area contributed by atoms with Crippen molar-refractivity contribution < 1.29 is 4.79 Å². The summed E-state index contributed by atoms with van der Waals surface area (Å²) in [7, 11) is 2.03. The maximum atomic E-state index is 11.4. The van der Waals surface area contributed by atoms with E-state index in [-0.39, 0.29) is 30.7 Å². The highest BCUT2D eigenvalue weighted by Crippen LogP contribution is 2.14. The summed E-state index contributed by atoms with van der Waals surface area (Å²) < 4.78 is 2.12. The Morgan fingerprint density at radius 3 is 2.68 bits per heavy atom. The maximum Gasteiger partial charge on any atom is 0.220 e. The Bertz CT molecular complexity index is 586. The fourth-order valence-electron chi connectivity index (χ4n) is 2.24. The molecule has 0 bridgehead atoms. The number of hydrogen-bond donors (Lipinski definition) is 2. The molecule has 5 nitrogen and oxygen atoms in total. The van der Waals surface area contributed by atoms with Gasteiger partial charge in [-0.1, -0.05) is 12.1 Å². The Morgan fingerprint density at radius 1 is 1.27 bits per heavy atom. The Balaban J connectivity index is 0.00000220. The first-order chi connectivity index (χ1) is 9.72. The van der Waals surface area contributed by atoms with Crippen molar-refractivity contribution in [3.8, 4) is 0 Å².